The van der Waals surface area contributed by atoms with Crippen molar-refractivity contribution in [2.75, 3.05) is 5.32 Å². The molecule has 0 aromatic heterocycles. The minimum Gasteiger partial charge on any atom is -0.398 e. The summed E-state index contributed by atoms with van der Waals surface area (Å²) in [6.07, 6.45) is 0. The van der Waals surface area contributed by atoms with Crippen molar-refractivity contribution < 1.29 is 4.74 Å². The molecule has 4 nitrogen and oxygen atoms in total. The number of nitrogens with two attached hydrogens (primary N) is 1. The summed E-state index contributed by atoms with van der Waals surface area (Å²) in [7, 11) is 0. The average Bonchev–Trinajstić information content (AvgIpc) is 2.44. The van der Waals surface area contributed by atoms with Crippen LogP contribution in [0.15, 0.2) is 53.5 Å². The fourth-order valence-electron chi connectivity index (χ4n) is 1.64. The van der Waals surface area contributed by atoms with E-state index in [1.165, 1.54) is 5.56 Å². The zero-order valence-corrected chi connectivity index (χ0v) is 12.8. The lowest BCUT2D eigenvalue weighted by Gasteiger charge is -2.08. The summed E-state index contributed by atoms with van der Waals surface area (Å²) in [6, 6.07) is 15.4. The van der Waals surface area contributed by atoms with E-state index in [1.807, 2.05) is 62.4 Å². The van der Waals surface area contributed by atoms with Gasteiger partial charge in [-0.1, -0.05) is 35.4 Å². The molecule has 0 aliphatic heterocycles. The molecule has 0 bridgehead atoms. The Morgan fingerprint density at radius 1 is 1.00 bits per heavy atom. The van der Waals surface area contributed by atoms with Crippen molar-refractivity contribution >= 4 is 34.8 Å². The molecule has 0 heterocycles. The van der Waals surface area contributed by atoms with Crippen molar-refractivity contribution in [1.82, 2.24) is 0 Å². The molecule has 108 valence electrons. The minimum atomic E-state index is 0.00321. The Morgan fingerprint density at radius 2 is 1.52 bits per heavy atom. The van der Waals surface area contributed by atoms with E-state index in [4.69, 9.17) is 22.7 Å². The van der Waals surface area contributed by atoms with E-state index in [1.54, 1.807) is 0 Å². The zero-order chi connectivity index (χ0) is 15.2. The summed E-state index contributed by atoms with van der Waals surface area (Å²) in [5.41, 5.74) is 9.61. The number of amidine groups is 1. The molecule has 0 atom stereocenters. The van der Waals surface area contributed by atoms with Crippen LogP contribution in [-0.4, -0.2) is 11.2 Å². The number of aryl methyl sites for hydroxylation is 2. The summed E-state index contributed by atoms with van der Waals surface area (Å²) in [6.45, 7) is 4.03. The number of hydrogen-bond donors (Lipinski definition) is 2. The summed E-state index contributed by atoms with van der Waals surface area (Å²) in [5.74, 6) is 0. The van der Waals surface area contributed by atoms with Gasteiger partial charge in [-0.2, -0.15) is 4.99 Å². The molecule has 5 heteroatoms. The van der Waals surface area contributed by atoms with Crippen molar-refractivity contribution in [1.29, 1.82) is 0 Å². The van der Waals surface area contributed by atoms with Crippen molar-refractivity contribution in [3.8, 4) is 0 Å². The highest BCUT2D eigenvalue weighted by atomic mass is 32.1. The van der Waals surface area contributed by atoms with Crippen molar-refractivity contribution in [2.24, 2.45) is 10.7 Å². The Hall–Kier alpha value is -2.40. The highest BCUT2D eigenvalue weighted by Gasteiger charge is 2.02. The molecule has 0 fully saturated rings. The third-order valence-corrected chi connectivity index (χ3v) is 2.95. The van der Waals surface area contributed by atoms with Gasteiger partial charge in [-0.15, -0.1) is 0 Å². The molecule has 0 saturated heterocycles. The van der Waals surface area contributed by atoms with Gasteiger partial charge in [0, 0.05) is 5.69 Å². The van der Waals surface area contributed by atoms with E-state index < -0.39 is 0 Å². The van der Waals surface area contributed by atoms with Crippen LogP contribution in [0.25, 0.3) is 0 Å². The summed E-state index contributed by atoms with van der Waals surface area (Å²) in [4.78, 5) is 4.14. The number of aliphatic imine (C=N–C) groups is 1. The quantitative estimate of drug-likeness (QED) is 0.505. The Kier molecular flexibility index (Phi) is 4.90. The van der Waals surface area contributed by atoms with Gasteiger partial charge in [-0.05, 0) is 50.3 Å². The van der Waals surface area contributed by atoms with Crippen LogP contribution in [0, 0.1) is 13.8 Å². The largest absolute Gasteiger partial charge is 0.398 e. The number of ether oxygens (including phenoxy) is 1. The second-order valence-corrected chi connectivity index (χ2v) is 5.04. The van der Waals surface area contributed by atoms with E-state index >= 15 is 0 Å². The van der Waals surface area contributed by atoms with Crippen molar-refractivity contribution in [3.63, 3.8) is 0 Å². The normalized spacial score (nSPS) is 11.0. The van der Waals surface area contributed by atoms with E-state index in [0.717, 1.165) is 16.9 Å². The molecular weight excluding hydrogens is 282 g/mol. The molecule has 3 N–H and O–H groups in total. The lowest BCUT2D eigenvalue weighted by atomic mass is 10.2. The van der Waals surface area contributed by atoms with Gasteiger partial charge in [-0.25, -0.2) is 0 Å². The Morgan fingerprint density at radius 3 is 2.10 bits per heavy atom. The van der Waals surface area contributed by atoms with Crippen LogP contribution in [0.4, 0.5) is 11.4 Å². The number of nitrogens with zero attached hydrogens (tertiary/aromatic N) is 1. The molecule has 2 aromatic carbocycles. The second kappa shape index (κ2) is 6.85. The van der Waals surface area contributed by atoms with Gasteiger partial charge in [0.15, 0.2) is 0 Å². The average molecular weight is 299 g/mol. The SMILES string of the molecule is Cc1ccc(N=C(N)OC(=S)Nc2ccc(C)cc2)cc1. The van der Waals surface area contributed by atoms with E-state index in [9.17, 15) is 0 Å². The lowest BCUT2D eigenvalue weighted by molar-refractivity contribution is 0.549. The summed E-state index contributed by atoms with van der Waals surface area (Å²) in [5, 5.41) is 3.10. The predicted molar refractivity (Wildman–Crippen MR) is 90.9 cm³/mol. The maximum atomic E-state index is 5.72. The molecule has 0 amide bonds. The predicted octanol–water partition coefficient (Wildman–Crippen LogP) is 3.66. The monoisotopic (exact) mass is 299 g/mol. The van der Waals surface area contributed by atoms with Gasteiger partial charge in [0.05, 0.1) is 5.69 Å². The number of nitrogens with one attached hydrogen (secondary N) is 1. The van der Waals surface area contributed by atoms with Crippen LogP contribution < -0.4 is 11.1 Å². The summed E-state index contributed by atoms with van der Waals surface area (Å²) >= 11 is 5.09. The van der Waals surface area contributed by atoms with Gasteiger partial charge < -0.3 is 15.8 Å². The van der Waals surface area contributed by atoms with Crippen LogP contribution in [-0.2, 0) is 4.74 Å². The van der Waals surface area contributed by atoms with E-state index in [2.05, 4.69) is 10.3 Å². The maximum absolute atomic E-state index is 5.72. The van der Waals surface area contributed by atoms with Crippen molar-refractivity contribution in [3.05, 3.63) is 59.7 Å². The molecule has 0 saturated carbocycles. The van der Waals surface area contributed by atoms with E-state index in [-0.39, 0.29) is 11.2 Å². The zero-order valence-electron chi connectivity index (χ0n) is 12.0. The molecule has 0 aliphatic rings. The van der Waals surface area contributed by atoms with Crippen molar-refractivity contribution in [2.45, 2.75) is 13.8 Å². The minimum absolute atomic E-state index is 0.00321. The molecule has 0 unspecified atom stereocenters. The fourth-order valence-corrected chi connectivity index (χ4v) is 1.85. The molecule has 0 aliphatic carbocycles. The first-order valence-corrected chi connectivity index (χ1v) is 6.90. The number of anilines is 1. The number of benzene rings is 2. The smallest absolute Gasteiger partial charge is 0.294 e. The second-order valence-electron chi connectivity index (χ2n) is 4.67. The molecule has 21 heavy (non-hydrogen) atoms. The topological polar surface area (TPSA) is 59.6 Å². The van der Waals surface area contributed by atoms with Crippen LogP contribution in [0.3, 0.4) is 0 Å². The third-order valence-electron chi connectivity index (χ3n) is 2.77. The van der Waals surface area contributed by atoms with Gasteiger partial charge in [-0.3, -0.25) is 0 Å². The molecular formula is C16H17N3OS. The Balaban J connectivity index is 1.95. The van der Waals surface area contributed by atoms with Crippen LogP contribution >= 0.6 is 12.2 Å². The first-order chi connectivity index (χ1) is 10.0. The van der Waals surface area contributed by atoms with Crippen LogP contribution in [0.5, 0.6) is 0 Å². The highest BCUT2D eigenvalue weighted by molar-refractivity contribution is 7.80. The first kappa shape index (κ1) is 15.0. The molecule has 0 radical (unpaired) electrons. The Bertz CT molecular complexity index is 648. The lowest BCUT2D eigenvalue weighted by Crippen LogP contribution is -2.24. The molecule has 2 rings (SSSR count). The Labute approximate surface area is 129 Å². The maximum Gasteiger partial charge on any atom is 0.294 e. The summed E-state index contributed by atoms with van der Waals surface area (Å²) < 4.78 is 5.27. The molecule has 0 spiro atoms. The molecule has 2 aromatic rings. The number of hydrogen-bond acceptors (Lipinski definition) is 3. The van der Waals surface area contributed by atoms with Gasteiger partial charge >= 0.3 is 0 Å². The van der Waals surface area contributed by atoms with Gasteiger partial charge in [0.25, 0.3) is 11.2 Å². The third kappa shape index (κ3) is 4.89. The van der Waals surface area contributed by atoms with Gasteiger partial charge in [0.1, 0.15) is 0 Å². The first-order valence-electron chi connectivity index (χ1n) is 6.49. The van der Waals surface area contributed by atoms with Crippen LogP contribution in [0.2, 0.25) is 0 Å². The fraction of sp³-hybridized carbons (Fsp3) is 0.125. The highest BCUT2D eigenvalue weighted by Crippen LogP contribution is 2.13. The van der Waals surface area contributed by atoms with E-state index in [0.29, 0.717) is 0 Å². The van der Waals surface area contributed by atoms with Crippen LogP contribution in [0.1, 0.15) is 11.1 Å². The number of rotatable bonds is 2. The standard InChI is InChI=1S/C16H17N3OS/c1-11-3-7-13(8-4-11)18-15(17)20-16(21)19-14-9-5-12(2)6-10-14/h3-10H,1-2H3,(H2,17,18)(H,19,21). The van der Waals surface area contributed by atoms with Gasteiger partial charge in [0.2, 0.25) is 0 Å². The number of thiocarbonyl (C=S) groups is 1.